The lowest BCUT2D eigenvalue weighted by Gasteiger charge is -2.20. The standard InChI is InChI=1S/C41H73O11P/c1-4-5-6-7-8-10-14-17-22-27-38-39(52-38)28-23-19-20-24-29-40(44)48-33-37(34-50-53(46,47)49-32-36(43)31-42)51-41(45)30-25-18-15-12-9-11-13-16-21-26-35(2)3/h8,10,17,19,22-23,35-39,42-43H,4-7,9,11-16,18,20-21,24-34H2,1-3H3,(H,46,47)/b10-8-,22-17-,23-19-/t36-,37+,38?,39?/m0/s1. The number of aliphatic hydroxyl groups is 2. The van der Waals surface area contributed by atoms with Gasteiger partial charge in [-0.3, -0.25) is 18.6 Å². The molecule has 3 unspecified atom stereocenters. The molecule has 11 nitrogen and oxygen atoms in total. The molecule has 0 aromatic heterocycles. The Morgan fingerprint density at radius 2 is 1.28 bits per heavy atom. The van der Waals surface area contributed by atoms with Gasteiger partial charge in [0.15, 0.2) is 6.10 Å². The summed E-state index contributed by atoms with van der Waals surface area (Å²) in [6, 6.07) is 0. The molecule has 0 saturated carbocycles. The SMILES string of the molecule is CCCCC/C=C\C/C=C\CC1OC1C/C=C\CCCC(=O)OC[C@H](COP(=O)(O)OC[C@@H](O)CO)OC(=O)CCCCCCCCCCCC(C)C. The Morgan fingerprint density at radius 1 is 0.717 bits per heavy atom. The summed E-state index contributed by atoms with van der Waals surface area (Å²) in [7, 11) is -4.63. The van der Waals surface area contributed by atoms with Crippen molar-refractivity contribution in [2.45, 2.75) is 180 Å². The van der Waals surface area contributed by atoms with Gasteiger partial charge in [-0.05, 0) is 57.3 Å². The van der Waals surface area contributed by atoms with Gasteiger partial charge < -0.3 is 29.3 Å². The van der Waals surface area contributed by atoms with Crippen LogP contribution in [-0.4, -0.2) is 77.9 Å². The van der Waals surface area contributed by atoms with E-state index in [1.165, 1.54) is 57.8 Å². The number of allylic oxidation sites excluding steroid dienone is 4. The van der Waals surface area contributed by atoms with Crippen LogP contribution in [0.25, 0.3) is 0 Å². The molecule has 0 amide bonds. The molecule has 3 N–H and O–H groups in total. The van der Waals surface area contributed by atoms with Crippen LogP contribution in [0.5, 0.6) is 0 Å². The Morgan fingerprint density at radius 3 is 1.94 bits per heavy atom. The lowest BCUT2D eigenvalue weighted by Crippen LogP contribution is -2.29. The van der Waals surface area contributed by atoms with Crippen LogP contribution in [0.1, 0.15) is 156 Å². The Labute approximate surface area is 320 Å². The number of phosphoric ester groups is 1. The highest BCUT2D eigenvalue weighted by Crippen LogP contribution is 2.43. The summed E-state index contributed by atoms with van der Waals surface area (Å²) >= 11 is 0. The van der Waals surface area contributed by atoms with Gasteiger partial charge in [-0.2, -0.15) is 0 Å². The summed E-state index contributed by atoms with van der Waals surface area (Å²) in [5.41, 5.74) is 0. The van der Waals surface area contributed by atoms with E-state index in [0.717, 1.165) is 50.9 Å². The second-order valence-electron chi connectivity index (χ2n) is 14.5. The van der Waals surface area contributed by atoms with Gasteiger partial charge in [0.1, 0.15) is 12.7 Å². The minimum absolute atomic E-state index is 0.158. The Hall–Kier alpha value is -1.85. The third kappa shape index (κ3) is 31.1. The zero-order valence-electron chi connectivity index (χ0n) is 33.1. The maximum absolute atomic E-state index is 12.6. The summed E-state index contributed by atoms with van der Waals surface area (Å²) in [5, 5.41) is 18.3. The Bertz CT molecular complexity index is 1060. The van der Waals surface area contributed by atoms with Gasteiger partial charge in [0.25, 0.3) is 0 Å². The normalized spacial score (nSPS) is 18.2. The summed E-state index contributed by atoms with van der Waals surface area (Å²) < 4.78 is 38.3. The lowest BCUT2D eigenvalue weighted by atomic mass is 10.0. The molecule has 5 atom stereocenters. The number of esters is 2. The van der Waals surface area contributed by atoms with Crippen LogP contribution in [0.4, 0.5) is 0 Å². The number of hydrogen-bond donors (Lipinski definition) is 3. The quantitative estimate of drug-likeness (QED) is 0.0183. The summed E-state index contributed by atoms with van der Waals surface area (Å²) in [5.74, 6) is -0.234. The minimum Gasteiger partial charge on any atom is -0.462 e. The molecule has 12 heteroatoms. The highest BCUT2D eigenvalue weighted by Gasteiger charge is 2.36. The van der Waals surface area contributed by atoms with Crippen LogP contribution in [-0.2, 0) is 37.4 Å². The average Bonchev–Trinajstić information content (AvgIpc) is 3.89. The first kappa shape index (κ1) is 49.2. The van der Waals surface area contributed by atoms with Crippen LogP contribution in [0, 0.1) is 5.92 Å². The second-order valence-corrected chi connectivity index (χ2v) is 16.0. The monoisotopic (exact) mass is 772 g/mol. The van der Waals surface area contributed by atoms with Crippen LogP contribution >= 0.6 is 7.82 Å². The summed E-state index contributed by atoms with van der Waals surface area (Å²) in [6.45, 7) is 4.54. The predicted molar refractivity (Wildman–Crippen MR) is 209 cm³/mol. The van der Waals surface area contributed by atoms with Gasteiger partial charge in [-0.1, -0.05) is 128 Å². The van der Waals surface area contributed by atoms with Crippen LogP contribution in [0.2, 0.25) is 0 Å². The molecular weight excluding hydrogens is 699 g/mol. The molecule has 0 bridgehead atoms. The molecule has 1 aliphatic heterocycles. The zero-order valence-corrected chi connectivity index (χ0v) is 34.0. The van der Waals surface area contributed by atoms with E-state index in [4.69, 9.17) is 23.8 Å². The fraction of sp³-hybridized carbons (Fsp3) is 0.805. The van der Waals surface area contributed by atoms with Gasteiger partial charge >= 0.3 is 19.8 Å². The number of hydrogen-bond acceptors (Lipinski definition) is 10. The highest BCUT2D eigenvalue weighted by molar-refractivity contribution is 7.47. The van der Waals surface area contributed by atoms with Crippen LogP contribution < -0.4 is 0 Å². The van der Waals surface area contributed by atoms with E-state index < -0.39 is 51.8 Å². The summed E-state index contributed by atoms with van der Waals surface area (Å²) in [6.07, 6.45) is 31.6. The van der Waals surface area contributed by atoms with Crippen molar-refractivity contribution in [3.63, 3.8) is 0 Å². The van der Waals surface area contributed by atoms with E-state index in [1.807, 2.05) is 6.08 Å². The number of rotatable bonds is 36. The molecule has 308 valence electrons. The van der Waals surface area contributed by atoms with E-state index in [-0.39, 0.29) is 31.7 Å². The predicted octanol–water partition coefficient (Wildman–Crippen LogP) is 9.23. The molecule has 53 heavy (non-hydrogen) atoms. The third-order valence-electron chi connectivity index (χ3n) is 8.88. The third-order valence-corrected chi connectivity index (χ3v) is 9.83. The smallest absolute Gasteiger partial charge is 0.462 e. The largest absolute Gasteiger partial charge is 0.472 e. The number of phosphoric acid groups is 1. The average molecular weight is 773 g/mol. The molecule has 1 saturated heterocycles. The molecule has 1 rings (SSSR count). The Balaban J connectivity index is 2.32. The van der Waals surface area contributed by atoms with Gasteiger partial charge in [-0.15, -0.1) is 0 Å². The second kappa shape index (κ2) is 32.4. The fourth-order valence-corrected chi connectivity index (χ4v) is 6.35. The van der Waals surface area contributed by atoms with E-state index in [0.29, 0.717) is 19.3 Å². The number of epoxide rings is 1. The van der Waals surface area contributed by atoms with Gasteiger partial charge in [-0.25, -0.2) is 4.57 Å². The first-order valence-corrected chi connectivity index (χ1v) is 21.9. The number of ether oxygens (including phenoxy) is 3. The number of carbonyl (C=O) groups is 2. The molecule has 0 aromatic carbocycles. The maximum Gasteiger partial charge on any atom is 0.472 e. The molecular formula is C41H73O11P. The Kier molecular flexibility index (Phi) is 30.1. The zero-order chi connectivity index (χ0) is 39.0. The molecule has 0 aromatic rings. The molecule has 0 radical (unpaired) electrons. The van der Waals surface area contributed by atoms with Crippen molar-refractivity contribution in [2.24, 2.45) is 5.92 Å². The molecule has 0 spiro atoms. The lowest BCUT2D eigenvalue weighted by molar-refractivity contribution is -0.161. The van der Waals surface area contributed by atoms with Gasteiger partial charge in [0.05, 0.1) is 32.0 Å². The highest BCUT2D eigenvalue weighted by atomic mass is 31.2. The van der Waals surface area contributed by atoms with Gasteiger partial charge in [0, 0.05) is 12.8 Å². The van der Waals surface area contributed by atoms with Crippen molar-refractivity contribution in [3.05, 3.63) is 36.5 Å². The first-order valence-electron chi connectivity index (χ1n) is 20.4. The van der Waals surface area contributed by atoms with E-state index in [2.05, 4.69) is 55.7 Å². The topological polar surface area (TPSA) is 161 Å². The molecule has 1 aliphatic rings. The van der Waals surface area contributed by atoms with Crippen molar-refractivity contribution in [1.29, 1.82) is 0 Å². The van der Waals surface area contributed by atoms with Crippen LogP contribution in [0.3, 0.4) is 0 Å². The van der Waals surface area contributed by atoms with Crippen LogP contribution in [0.15, 0.2) is 36.5 Å². The molecule has 1 heterocycles. The summed E-state index contributed by atoms with van der Waals surface area (Å²) in [4.78, 5) is 34.9. The van der Waals surface area contributed by atoms with Crippen molar-refractivity contribution in [3.8, 4) is 0 Å². The first-order chi connectivity index (χ1) is 25.6. The maximum atomic E-state index is 12.6. The molecule has 1 fully saturated rings. The number of unbranched alkanes of at least 4 members (excludes halogenated alkanes) is 12. The number of carbonyl (C=O) groups excluding carboxylic acids is 2. The van der Waals surface area contributed by atoms with Gasteiger partial charge in [0.2, 0.25) is 0 Å². The van der Waals surface area contributed by atoms with Crippen molar-refractivity contribution in [1.82, 2.24) is 0 Å². The fourth-order valence-electron chi connectivity index (χ4n) is 5.56. The van der Waals surface area contributed by atoms with E-state index in [9.17, 15) is 24.2 Å². The number of aliphatic hydroxyl groups excluding tert-OH is 2. The van der Waals surface area contributed by atoms with Crippen molar-refractivity contribution >= 4 is 19.8 Å². The molecule has 0 aliphatic carbocycles. The minimum atomic E-state index is -4.63. The van der Waals surface area contributed by atoms with E-state index in [1.54, 1.807) is 0 Å². The van der Waals surface area contributed by atoms with Crippen molar-refractivity contribution in [2.75, 3.05) is 26.4 Å². The van der Waals surface area contributed by atoms with Crippen molar-refractivity contribution < 1.29 is 52.5 Å². The van der Waals surface area contributed by atoms with E-state index >= 15 is 0 Å².